The zero-order valence-corrected chi connectivity index (χ0v) is 13.5. The highest BCUT2D eigenvalue weighted by Crippen LogP contribution is 2.09. The van der Waals surface area contributed by atoms with Crippen LogP contribution in [0.15, 0.2) is 90.3 Å². The van der Waals surface area contributed by atoms with Crippen molar-refractivity contribution in [3.8, 4) is 0 Å². The van der Waals surface area contributed by atoms with E-state index in [0.29, 0.717) is 11.1 Å². The zero-order chi connectivity index (χ0) is 16.4. The average Bonchev–Trinajstić information content (AvgIpc) is 2.57. The van der Waals surface area contributed by atoms with Gasteiger partial charge in [-0.15, -0.1) is 0 Å². The molecule has 114 valence electrons. The van der Waals surface area contributed by atoms with Crippen molar-refractivity contribution in [3.05, 3.63) is 95.9 Å². The Morgan fingerprint density at radius 3 is 2.32 bits per heavy atom. The molecule has 0 amide bonds. The van der Waals surface area contributed by atoms with Crippen LogP contribution in [0.3, 0.4) is 0 Å². The van der Waals surface area contributed by atoms with Crippen molar-refractivity contribution in [3.63, 3.8) is 0 Å². The number of benzene rings is 1. The van der Waals surface area contributed by atoms with Gasteiger partial charge in [0.15, 0.2) is 5.78 Å². The van der Waals surface area contributed by atoms with Crippen LogP contribution < -0.4 is 5.32 Å². The van der Waals surface area contributed by atoms with E-state index in [-0.39, 0.29) is 5.78 Å². The van der Waals surface area contributed by atoms with E-state index in [0.717, 1.165) is 11.4 Å². The lowest BCUT2D eigenvalue weighted by molar-refractivity contribution is 0.103. The summed E-state index contributed by atoms with van der Waals surface area (Å²) in [4.78, 5) is 12.3. The summed E-state index contributed by atoms with van der Waals surface area (Å²) in [5.41, 5.74) is 3.20. The van der Waals surface area contributed by atoms with Crippen LogP contribution in [0.2, 0.25) is 0 Å². The standard InChI is InChI=1S/C20H23NO/c1-5-11-18(6-2)21-19(7-3)15-14-16(4)20(22)17-12-9-8-10-13-17/h5-15,21H,3H2,1-2,4H3/b11-5-,16-14+,18-6+,19-15+. The molecule has 22 heavy (non-hydrogen) atoms. The van der Waals surface area contributed by atoms with Crippen LogP contribution in [0.1, 0.15) is 31.1 Å². The molecule has 0 aromatic heterocycles. The molecular weight excluding hydrogens is 270 g/mol. The van der Waals surface area contributed by atoms with Crippen molar-refractivity contribution < 1.29 is 4.79 Å². The number of hydrogen-bond acceptors (Lipinski definition) is 2. The largest absolute Gasteiger partial charge is 0.356 e. The van der Waals surface area contributed by atoms with Gasteiger partial charge in [-0.2, -0.15) is 0 Å². The minimum atomic E-state index is 0.0278. The molecular formula is C20H23NO. The summed E-state index contributed by atoms with van der Waals surface area (Å²) in [6.07, 6.45) is 11.3. The number of allylic oxidation sites excluding steroid dienone is 7. The van der Waals surface area contributed by atoms with E-state index in [9.17, 15) is 4.79 Å². The first-order valence-electron chi connectivity index (χ1n) is 7.29. The topological polar surface area (TPSA) is 29.1 Å². The van der Waals surface area contributed by atoms with Gasteiger partial charge in [-0.25, -0.2) is 0 Å². The fraction of sp³-hybridized carbons (Fsp3) is 0.150. The maximum absolute atomic E-state index is 12.3. The van der Waals surface area contributed by atoms with Gasteiger partial charge in [0, 0.05) is 17.0 Å². The van der Waals surface area contributed by atoms with Crippen molar-refractivity contribution in [1.82, 2.24) is 5.32 Å². The van der Waals surface area contributed by atoms with Gasteiger partial charge < -0.3 is 5.32 Å². The number of rotatable bonds is 7. The van der Waals surface area contributed by atoms with E-state index in [2.05, 4.69) is 11.9 Å². The Kier molecular flexibility index (Phi) is 7.41. The molecule has 0 saturated carbocycles. The summed E-state index contributed by atoms with van der Waals surface area (Å²) in [5, 5.41) is 3.25. The molecule has 0 aliphatic carbocycles. The van der Waals surface area contributed by atoms with Gasteiger partial charge in [0.25, 0.3) is 0 Å². The average molecular weight is 293 g/mol. The zero-order valence-electron chi connectivity index (χ0n) is 13.5. The second kappa shape index (κ2) is 9.35. The van der Waals surface area contributed by atoms with Crippen molar-refractivity contribution in [2.45, 2.75) is 20.8 Å². The Balaban J connectivity index is 2.90. The molecule has 0 spiro atoms. The molecule has 0 radical (unpaired) electrons. The number of carbonyl (C=O) groups is 1. The summed E-state index contributed by atoms with van der Waals surface area (Å²) >= 11 is 0. The first-order valence-corrected chi connectivity index (χ1v) is 7.29. The summed E-state index contributed by atoms with van der Waals surface area (Å²) in [6, 6.07) is 9.26. The van der Waals surface area contributed by atoms with Crippen LogP contribution in [-0.2, 0) is 0 Å². The highest BCUT2D eigenvalue weighted by Gasteiger charge is 2.06. The molecule has 0 bridgehead atoms. The normalized spacial score (nSPS) is 13.3. The predicted octanol–water partition coefficient (Wildman–Crippen LogP) is 4.96. The van der Waals surface area contributed by atoms with E-state index in [1.807, 2.05) is 81.5 Å². The SMILES string of the molecule is C=C/C(=C\C=C(/C)C(=O)c1ccccc1)NC(/C=C\C)=C/C. The summed E-state index contributed by atoms with van der Waals surface area (Å²) in [7, 11) is 0. The van der Waals surface area contributed by atoms with Crippen LogP contribution in [0.25, 0.3) is 0 Å². The van der Waals surface area contributed by atoms with E-state index >= 15 is 0 Å². The molecule has 0 saturated heterocycles. The Morgan fingerprint density at radius 1 is 1.09 bits per heavy atom. The summed E-state index contributed by atoms with van der Waals surface area (Å²) < 4.78 is 0. The van der Waals surface area contributed by atoms with Gasteiger partial charge in [-0.05, 0) is 44.6 Å². The second-order valence-corrected chi connectivity index (χ2v) is 4.74. The molecule has 2 nitrogen and oxygen atoms in total. The highest BCUT2D eigenvalue weighted by atomic mass is 16.1. The molecule has 1 N–H and O–H groups in total. The third kappa shape index (κ3) is 5.41. The monoisotopic (exact) mass is 293 g/mol. The smallest absolute Gasteiger partial charge is 0.188 e. The van der Waals surface area contributed by atoms with Gasteiger partial charge in [0.1, 0.15) is 0 Å². The molecule has 0 unspecified atom stereocenters. The van der Waals surface area contributed by atoms with Crippen LogP contribution in [0, 0.1) is 0 Å². The first-order chi connectivity index (χ1) is 10.6. The summed E-state index contributed by atoms with van der Waals surface area (Å²) in [6.45, 7) is 9.53. The maximum Gasteiger partial charge on any atom is 0.188 e. The fourth-order valence-corrected chi connectivity index (χ4v) is 1.82. The number of Topliss-reactive ketones (excluding diaryl/α,β-unsaturated/α-hetero) is 1. The minimum absolute atomic E-state index is 0.0278. The highest BCUT2D eigenvalue weighted by molar-refractivity contribution is 6.08. The van der Waals surface area contributed by atoms with Crippen molar-refractivity contribution in [1.29, 1.82) is 0 Å². The number of carbonyl (C=O) groups excluding carboxylic acids is 1. The maximum atomic E-state index is 12.3. The Morgan fingerprint density at radius 2 is 1.77 bits per heavy atom. The number of ketones is 1. The molecule has 0 aliphatic rings. The molecule has 1 rings (SSSR count). The lowest BCUT2D eigenvalue weighted by atomic mass is 10.0. The van der Waals surface area contributed by atoms with Gasteiger partial charge in [0.2, 0.25) is 0 Å². The Labute approximate surface area is 133 Å². The molecule has 0 heterocycles. The van der Waals surface area contributed by atoms with Crippen LogP contribution >= 0.6 is 0 Å². The van der Waals surface area contributed by atoms with Crippen molar-refractivity contribution in [2.75, 3.05) is 0 Å². The second-order valence-electron chi connectivity index (χ2n) is 4.74. The molecule has 0 aliphatic heterocycles. The third-order valence-corrected chi connectivity index (χ3v) is 3.07. The lowest BCUT2D eigenvalue weighted by Crippen LogP contribution is -2.09. The number of hydrogen-bond donors (Lipinski definition) is 1. The van der Waals surface area contributed by atoms with Gasteiger partial charge >= 0.3 is 0 Å². The van der Waals surface area contributed by atoms with Gasteiger partial charge in [0.05, 0.1) is 0 Å². The predicted molar refractivity (Wildman–Crippen MR) is 94.5 cm³/mol. The van der Waals surface area contributed by atoms with Crippen molar-refractivity contribution >= 4 is 5.78 Å². The third-order valence-electron chi connectivity index (χ3n) is 3.07. The van der Waals surface area contributed by atoms with E-state index in [1.54, 1.807) is 6.08 Å². The lowest BCUT2D eigenvalue weighted by Gasteiger charge is -2.07. The molecule has 0 fully saturated rings. The first kappa shape index (κ1) is 17.4. The van der Waals surface area contributed by atoms with Crippen LogP contribution in [-0.4, -0.2) is 5.78 Å². The Hall–Kier alpha value is -2.61. The fourth-order valence-electron chi connectivity index (χ4n) is 1.82. The molecule has 1 aromatic carbocycles. The molecule has 2 heteroatoms. The van der Waals surface area contributed by atoms with E-state index in [1.165, 1.54) is 0 Å². The van der Waals surface area contributed by atoms with Crippen molar-refractivity contribution in [2.24, 2.45) is 0 Å². The molecule has 1 aromatic rings. The van der Waals surface area contributed by atoms with Crippen LogP contribution in [0.4, 0.5) is 0 Å². The van der Waals surface area contributed by atoms with E-state index < -0.39 is 0 Å². The van der Waals surface area contributed by atoms with Gasteiger partial charge in [-0.3, -0.25) is 4.79 Å². The molecule has 0 atom stereocenters. The Bertz CT molecular complexity index is 631. The summed E-state index contributed by atoms with van der Waals surface area (Å²) in [5.74, 6) is 0.0278. The minimum Gasteiger partial charge on any atom is -0.356 e. The quantitative estimate of drug-likeness (QED) is 0.437. The van der Waals surface area contributed by atoms with E-state index in [4.69, 9.17) is 0 Å². The van der Waals surface area contributed by atoms with Gasteiger partial charge in [-0.1, -0.05) is 55.1 Å². The number of nitrogens with one attached hydrogen (secondary N) is 1. The van der Waals surface area contributed by atoms with Crippen LogP contribution in [0.5, 0.6) is 0 Å².